The van der Waals surface area contributed by atoms with Crippen molar-refractivity contribution in [3.05, 3.63) is 33.2 Å². The van der Waals surface area contributed by atoms with Gasteiger partial charge in [0.2, 0.25) is 0 Å². The minimum Gasteiger partial charge on any atom is -0.504 e. The topological polar surface area (TPSA) is 126 Å². The van der Waals surface area contributed by atoms with Crippen LogP contribution in [0.1, 0.15) is 28.6 Å². The maximum atomic E-state index is 12.5. The van der Waals surface area contributed by atoms with Gasteiger partial charge in [-0.1, -0.05) is 0 Å². The van der Waals surface area contributed by atoms with Gasteiger partial charge >= 0.3 is 5.97 Å². The van der Waals surface area contributed by atoms with Gasteiger partial charge in [0.15, 0.2) is 28.3 Å². The quantitative estimate of drug-likeness (QED) is 0.747. The van der Waals surface area contributed by atoms with E-state index in [4.69, 9.17) is 13.9 Å². The number of hydrogen-bond acceptors (Lipinski definition) is 7. The van der Waals surface area contributed by atoms with Crippen LogP contribution in [0, 0.1) is 0 Å². The lowest BCUT2D eigenvalue weighted by Crippen LogP contribution is -2.37. The van der Waals surface area contributed by atoms with Crippen molar-refractivity contribution in [1.29, 1.82) is 0 Å². The predicted molar refractivity (Wildman–Crippen MR) is 76.8 cm³/mol. The highest BCUT2D eigenvalue weighted by molar-refractivity contribution is 6.05. The standard InChI is InChI=1S/C15H14O8/c1-15(20)4-9-7(5-22-15)11(17)6-3-8(16)13(21-2)10(14(18)19)12(6)23-9/h3,16,20H,4-5H2,1-2H3,(H,18,19)/t15-/m0/s1. The molecule has 122 valence electrons. The predicted octanol–water partition coefficient (Wildman–Crippen LogP) is 0.987. The fourth-order valence-corrected chi connectivity index (χ4v) is 2.65. The summed E-state index contributed by atoms with van der Waals surface area (Å²) in [5, 5.41) is 29.1. The van der Waals surface area contributed by atoms with E-state index >= 15 is 0 Å². The summed E-state index contributed by atoms with van der Waals surface area (Å²) in [6.45, 7) is 1.24. The van der Waals surface area contributed by atoms with Crippen LogP contribution in [0.5, 0.6) is 11.5 Å². The van der Waals surface area contributed by atoms with Crippen LogP contribution in [0.4, 0.5) is 0 Å². The second kappa shape index (κ2) is 4.97. The number of aliphatic hydroxyl groups is 1. The molecular formula is C15H14O8. The van der Waals surface area contributed by atoms with Crippen molar-refractivity contribution in [2.24, 2.45) is 0 Å². The first-order valence-corrected chi connectivity index (χ1v) is 6.73. The Balaban J connectivity index is 2.43. The number of aromatic hydroxyl groups is 1. The molecule has 8 nitrogen and oxygen atoms in total. The molecule has 0 fully saturated rings. The maximum absolute atomic E-state index is 12.5. The first-order chi connectivity index (χ1) is 10.7. The number of phenolic OH excluding ortho intramolecular Hbond substituents is 1. The van der Waals surface area contributed by atoms with E-state index in [1.165, 1.54) is 14.0 Å². The lowest BCUT2D eigenvalue weighted by Gasteiger charge is -2.29. The number of phenols is 1. The average Bonchev–Trinajstić information content (AvgIpc) is 2.45. The normalized spacial score (nSPS) is 20.3. The summed E-state index contributed by atoms with van der Waals surface area (Å²) >= 11 is 0. The molecule has 1 aromatic heterocycles. The summed E-state index contributed by atoms with van der Waals surface area (Å²) in [5.41, 5.74) is -0.996. The summed E-state index contributed by atoms with van der Waals surface area (Å²) in [6.07, 6.45) is -0.101. The van der Waals surface area contributed by atoms with Crippen LogP contribution in [-0.4, -0.2) is 34.2 Å². The van der Waals surface area contributed by atoms with Crippen molar-refractivity contribution in [3.63, 3.8) is 0 Å². The zero-order chi connectivity index (χ0) is 16.9. The third-order valence-corrected chi connectivity index (χ3v) is 3.73. The Morgan fingerprint density at radius 1 is 1.43 bits per heavy atom. The minimum absolute atomic E-state index is 0.0930. The second-order valence-electron chi connectivity index (χ2n) is 5.46. The molecule has 0 amide bonds. The molecule has 2 heterocycles. The summed E-state index contributed by atoms with van der Waals surface area (Å²) in [6, 6.07) is 1.10. The molecule has 1 aromatic carbocycles. The van der Waals surface area contributed by atoms with Crippen molar-refractivity contribution in [2.45, 2.75) is 25.7 Å². The van der Waals surface area contributed by atoms with Crippen molar-refractivity contribution in [1.82, 2.24) is 0 Å². The Bertz CT molecular complexity index is 877. The monoisotopic (exact) mass is 322 g/mol. The molecule has 23 heavy (non-hydrogen) atoms. The van der Waals surface area contributed by atoms with Crippen molar-refractivity contribution >= 4 is 16.9 Å². The maximum Gasteiger partial charge on any atom is 0.343 e. The zero-order valence-corrected chi connectivity index (χ0v) is 12.4. The number of carbonyl (C=O) groups is 1. The third kappa shape index (κ3) is 2.32. The molecule has 0 aliphatic carbocycles. The third-order valence-electron chi connectivity index (χ3n) is 3.73. The van der Waals surface area contributed by atoms with E-state index in [2.05, 4.69) is 0 Å². The number of ether oxygens (including phenoxy) is 2. The summed E-state index contributed by atoms with van der Waals surface area (Å²) < 4.78 is 15.6. The highest BCUT2D eigenvalue weighted by Gasteiger charge is 2.34. The molecule has 0 saturated heterocycles. The lowest BCUT2D eigenvalue weighted by atomic mass is 10.0. The number of rotatable bonds is 2. The highest BCUT2D eigenvalue weighted by Crippen LogP contribution is 2.37. The van der Waals surface area contributed by atoms with E-state index in [1.54, 1.807) is 0 Å². The fraction of sp³-hybridized carbons (Fsp3) is 0.333. The summed E-state index contributed by atoms with van der Waals surface area (Å²) in [5.74, 6) is -3.56. The highest BCUT2D eigenvalue weighted by atomic mass is 16.6. The number of methoxy groups -OCH3 is 1. The largest absolute Gasteiger partial charge is 0.504 e. The van der Waals surface area contributed by atoms with E-state index in [-0.39, 0.29) is 41.1 Å². The van der Waals surface area contributed by atoms with Crippen LogP contribution < -0.4 is 10.2 Å². The molecule has 3 N–H and O–H groups in total. The number of fused-ring (bicyclic) bond motifs is 2. The zero-order valence-electron chi connectivity index (χ0n) is 12.4. The Morgan fingerprint density at radius 3 is 2.74 bits per heavy atom. The molecule has 2 aromatic rings. The van der Waals surface area contributed by atoms with Crippen LogP contribution in [0.25, 0.3) is 11.0 Å². The molecule has 1 aliphatic heterocycles. The van der Waals surface area contributed by atoms with Crippen LogP contribution in [0.3, 0.4) is 0 Å². The van der Waals surface area contributed by atoms with Crippen LogP contribution >= 0.6 is 0 Å². The Labute approximate surface area is 129 Å². The molecule has 0 saturated carbocycles. The molecule has 8 heteroatoms. The van der Waals surface area contributed by atoms with E-state index < -0.39 is 28.5 Å². The van der Waals surface area contributed by atoms with Gasteiger partial charge in [-0.15, -0.1) is 0 Å². The molecule has 3 rings (SSSR count). The number of benzene rings is 1. The van der Waals surface area contributed by atoms with Gasteiger partial charge in [-0.2, -0.15) is 0 Å². The lowest BCUT2D eigenvalue weighted by molar-refractivity contribution is -0.207. The average molecular weight is 322 g/mol. The molecule has 0 spiro atoms. The first kappa shape index (κ1) is 15.3. The van der Waals surface area contributed by atoms with Gasteiger partial charge in [0, 0.05) is 0 Å². The molecule has 0 unspecified atom stereocenters. The van der Waals surface area contributed by atoms with Crippen LogP contribution in [-0.2, 0) is 17.8 Å². The Kier molecular flexibility index (Phi) is 3.31. The van der Waals surface area contributed by atoms with E-state index in [0.717, 1.165) is 6.07 Å². The van der Waals surface area contributed by atoms with E-state index in [9.17, 15) is 24.9 Å². The molecule has 1 atom stereocenters. The van der Waals surface area contributed by atoms with Gasteiger partial charge < -0.3 is 29.2 Å². The SMILES string of the molecule is COc1c(O)cc2c(=O)c3c(oc2c1C(=O)O)C[C@@](C)(O)OC3. The van der Waals surface area contributed by atoms with Gasteiger partial charge in [-0.3, -0.25) is 4.79 Å². The Hall–Kier alpha value is -2.58. The summed E-state index contributed by atoms with van der Waals surface area (Å²) in [4.78, 5) is 24.1. The molecule has 0 radical (unpaired) electrons. The summed E-state index contributed by atoms with van der Waals surface area (Å²) in [7, 11) is 1.20. The van der Waals surface area contributed by atoms with Gasteiger partial charge in [0.1, 0.15) is 11.3 Å². The first-order valence-electron chi connectivity index (χ1n) is 6.73. The van der Waals surface area contributed by atoms with Gasteiger partial charge in [-0.05, 0) is 13.0 Å². The van der Waals surface area contributed by atoms with Crippen LogP contribution in [0.2, 0.25) is 0 Å². The van der Waals surface area contributed by atoms with E-state index in [1.807, 2.05) is 0 Å². The van der Waals surface area contributed by atoms with Crippen molar-refractivity contribution in [3.8, 4) is 11.5 Å². The number of carboxylic acids is 1. The van der Waals surface area contributed by atoms with Crippen molar-refractivity contribution < 1.29 is 34.0 Å². The minimum atomic E-state index is -1.51. The Morgan fingerprint density at radius 2 is 2.13 bits per heavy atom. The molecule has 1 aliphatic rings. The molecule has 0 bridgehead atoms. The van der Waals surface area contributed by atoms with Crippen LogP contribution in [0.15, 0.2) is 15.3 Å². The number of hydrogen-bond donors (Lipinski definition) is 3. The van der Waals surface area contributed by atoms with E-state index in [0.29, 0.717) is 0 Å². The van der Waals surface area contributed by atoms with Gasteiger partial charge in [0.25, 0.3) is 0 Å². The van der Waals surface area contributed by atoms with Gasteiger partial charge in [0.05, 0.1) is 31.1 Å². The van der Waals surface area contributed by atoms with Gasteiger partial charge in [-0.25, -0.2) is 4.79 Å². The second-order valence-corrected chi connectivity index (χ2v) is 5.46. The smallest absolute Gasteiger partial charge is 0.343 e. The molecular weight excluding hydrogens is 308 g/mol. The number of aromatic carboxylic acids is 1. The number of carboxylic acid groups (broad SMARTS) is 1. The van der Waals surface area contributed by atoms with Crippen molar-refractivity contribution in [2.75, 3.05) is 7.11 Å². The fourth-order valence-electron chi connectivity index (χ4n) is 2.65.